The molecule has 6 heteroatoms. The van der Waals surface area contributed by atoms with Crippen molar-refractivity contribution in [3.63, 3.8) is 0 Å². The van der Waals surface area contributed by atoms with Crippen molar-refractivity contribution in [3.05, 3.63) is 45.9 Å². The van der Waals surface area contributed by atoms with Crippen LogP contribution in [0.3, 0.4) is 0 Å². The van der Waals surface area contributed by atoms with Crippen LogP contribution in [-0.4, -0.2) is 17.5 Å². The van der Waals surface area contributed by atoms with E-state index in [9.17, 15) is 0 Å². The van der Waals surface area contributed by atoms with Gasteiger partial charge in [-0.3, -0.25) is 4.99 Å². The van der Waals surface area contributed by atoms with E-state index in [2.05, 4.69) is 46.7 Å². The molecule has 1 heterocycles. The molecule has 1 aromatic carbocycles. The maximum Gasteiger partial charge on any atom is 0.193 e. The summed E-state index contributed by atoms with van der Waals surface area (Å²) in [5, 5.41) is 6.30. The van der Waals surface area contributed by atoms with Crippen molar-refractivity contribution in [3.8, 4) is 0 Å². The van der Waals surface area contributed by atoms with Crippen LogP contribution in [-0.2, 0) is 6.42 Å². The van der Waals surface area contributed by atoms with Gasteiger partial charge < -0.3 is 11.1 Å². The van der Waals surface area contributed by atoms with Crippen LogP contribution in [0.4, 0.5) is 5.69 Å². The van der Waals surface area contributed by atoms with Gasteiger partial charge in [-0.05, 0) is 30.5 Å². The number of aryl methyl sites for hydroxylation is 1. The van der Waals surface area contributed by atoms with Gasteiger partial charge >= 0.3 is 0 Å². The van der Waals surface area contributed by atoms with E-state index in [-0.39, 0.29) is 24.0 Å². The maximum atomic E-state index is 5.92. The summed E-state index contributed by atoms with van der Waals surface area (Å²) >= 11 is 1.66. The van der Waals surface area contributed by atoms with Crippen molar-refractivity contribution in [1.82, 2.24) is 4.98 Å². The van der Waals surface area contributed by atoms with E-state index < -0.39 is 0 Å². The van der Waals surface area contributed by atoms with Crippen LogP contribution in [0.2, 0.25) is 0 Å². The lowest BCUT2D eigenvalue weighted by atomic mass is 10.0. The monoisotopic (exact) mass is 430 g/mol. The van der Waals surface area contributed by atoms with Crippen LogP contribution in [0.1, 0.15) is 36.0 Å². The van der Waals surface area contributed by atoms with Gasteiger partial charge in [-0.25, -0.2) is 4.98 Å². The normalized spacial score (nSPS) is 11.4. The predicted octanol–water partition coefficient (Wildman–Crippen LogP) is 4.16. The fourth-order valence-electron chi connectivity index (χ4n) is 1.98. The molecule has 0 bridgehead atoms. The van der Waals surface area contributed by atoms with Crippen LogP contribution in [0, 0.1) is 6.92 Å². The summed E-state index contributed by atoms with van der Waals surface area (Å²) in [6, 6.07) is 8.26. The number of hydrogen-bond acceptors (Lipinski definition) is 3. The molecule has 0 saturated heterocycles. The number of rotatable bonds is 5. The first kappa shape index (κ1) is 18.9. The molecule has 0 unspecified atom stereocenters. The molecule has 2 aromatic rings. The number of aliphatic imine (C=N–C) groups is 1. The highest BCUT2D eigenvalue weighted by Crippen LogP contribution is 2.18. The van der Waals surface area contributed by atoms with Gasteiger partial charge in [-0.1, -0.05) is 26.0 Å². The Labute approximate surface area is 153 Å². The van der Waals surface area contributed by atoms with E-state index in [0.29, 0.717) is 18.4 Å². The lowest BCUT2D eigenvalue weighted by molar-refractivity contribution is 0.867. The van der Waals surface area contributed by atoms with Crippen LogP contribution in [0.5, 0.6) is 0 Å². The van der Waals surface area contributed by atoms with Gasteiger partial charge in [0.25, 0.3) is 0 Å². The number of thiazole rings is 1. The van der Waals surface area contributed by atoms with Gasteiger partial charge in [-0.2, -0.15) is 0 Å². The van der Waals surface area contributed by atoms with Crippen molar-refractivity contribution in [2.24, 2.45) is 10.7 Å². The third-order valence-corrected chi connectivity index (χ3v) is 3.96. The van der Waals surface area contributed by atoms with Crippen molar-refractivity contribution >= 4 is 47.0 Å². The summed E-state index contributed by atoms with van der Waals surface area (Å²) in [5.74, 6) is 0.945. The zero-order valence-corrected chi connectivity index (χ0v) is 16.3. The third kappa shape index (κ3) is 5.92. The minimum Gasteiger partial charge on any atom is -0.370 e. The fourth-order valence-corrected chi connectivity index (χ4v) is 2.62. The molecule has 0 radical (unpaired) electrons. The number of anilines is 1. The molecule has 0 spiro atoms. The van der Waals surface area contributed by atoms with Crippen molar-refractivity contribution < 1.29 is 0 Å². The Morgan fingerprint density at radius 3 is 2.82 bits per heavy atom. The summed E-state index contributed by atoms with van der Waals surface area (Å²) in [6.45, 7) is 7.00. The molecular weight excluding hydrogens is 407 g/mol. The topological polar surface area (TPSA) is 63.3 Å². The number of nitrogens with two attached hydrogens (primary N) is 1. The fraction of sp³-hybridized carbons (Fsp3) is 0.375. The number of guanidine groups is 1. The van der Waals surface area contributed by atoms with E-state index in [1.165, 1.54) is 5.56 Å². The molecule has 2 rings (SSSR count). The molecule has 4 nitrogen and oxygen atoms in total. The first-order chi connectivity index (χ1) is 10.0. The largest absolute Gasteiger partial charge is 0.370 e. The Bertz CT molecular complexity index is 622. The summed E-state index contributed by atoms with van der Waals surface area (Å²) in [6.07, 6.45) is 0.818. The number of benzene rings is 1. The highest BCUT2D eigenvalue weighted by Gasteiger charge is 2.01. The Balaban J connectivity index is 0.00000242. The molecule has 3 N–H and O–H groups in total. The summed E-state index contributed by atoms with van der Waals surface area (Å²) in [4.78, 5) is 8.76. The van der Waals surface area contributed by atoms with Crippen LogP contribution in [0.25, 0.3) is 0 Å². The zero-order chi connectivity index (χ0) is 15.2. The van der Waals surface area contributed by atoms with Gasteiger partial charge in [0, 0.05) is 24.0 Å². The van der Waals surface area contributed by atoms with E-state index in [4.69, 9.17) is 5.73 Å². The molecule has 22 heavy (non-hydrogen) atoms. The highest BCUT2D eigenvalue weighted by atomic mass is 127. The third-order valence-electron chi connectivity index (χ3n) is 3.14. The number of hydrogen-bond donors (Lipinski definition) is 2. The van der Waals surface area contributed by atoms with Crippen molar-refractivity contribution in [2.45, 2.75) is 33.1 Å². The highest BCUT2D eigenvalue weighted by molar-refractivity contribution is 14.0. The second-order valence-electron chi connectivity index (χ2n) is 5.28. The van der Waals surface area contributed by atoms with Gasteiger partial charge in [0.1, 0.15) is 0 Å². The van der Waals surface area contributed by atoms with Gasteiger partial charge in [0.2, 0.25) is 0 Å². The summed E-state index contributed by atoms with van der Waals surface area (Å²) in [5.41, 5.74) is 9.26. The lowest BCUT2D eigenvalue weighted by Crippen LogP contribution is -2.23. The molecule has 0 aliphatic rings. The minimum atomic E-state index is 0. The van der Waals surface area contributed by atoms with Gasteiger partial charge in [-0.15, -0.1) is 35.3 Å². The summed E-state index contributed by atoms with van der Waals surface area (Å²) in [7, 11) is 0. The Morgan fingerprint density at radius 2 is 2.18 bits per heavy atom. The van der Waals surface area contributed by atoms with Crippen LogP contribution >= 0.6 is 35.3 Å². The molecule has 1 aromatic heterocycles. The van der Waals surface area contributed by atoms with Crippen LogP contribution < -0.4 is 11.1 Å². The quantitative estimate of drug-likeness (QED) is 0.425. The SMILES string of the molecule is Cc1nc(CCN=C(N)Nc2cccc(C(C)C)c2)cs1.I. The summed E-state index contributed by atoms with van der Waals surface area (Å²) < 4.78 is 0. The van der Waals surface area contributed by atoms with Crippen molar-refractivity contribution in [1.29, 1.82) is 0 Å². The number of aromatic nitrogens is 1. The Hall–Kier alpha value is -1.15. The molecule has 0 atom stereocenters. The van der Waals surface area contributed by atoms with Gasteiger partial charge in [0.05, 0.1) is 10.7 Å². The molecule has 0 saturated carbocycles. The van der Waals surface area contributed by atoms with Gasteiger partial charge in [0.15, 0.2) is 5.96 Å². The Kier molecular flexibility index (Phi) is 7.81. The van der Waals surface area contributed by atoms with Crippen LogP contribution in [0.15, 0.2) is 34.6 Å². The number of nitrogens with zero attached hydrogens (tertiary/aromatic N) is 2. The predicted molar refractivity (Wildman–Crippen MR) is 107 cm³/mol. The molecular formula is C16H23IN4S. The van der Waals surface area contributed by atoms with E-state index in [1.54, 1.807) is 11.3 Å². The van der Waals surface area contributed by atoms with E-state index in [0.717, 1.165) is 22.8 Å². The lowest BCUT2D eigenvalue weighted by Gasteiger charge is -2.09. The molecule has 0 fully saturated rings. The average Bonchev–Trinajstić information content (AvgIpc) is 2.84. The zero-order valence-electron chi connectivity index (χ0n) is 13.2. The molecule has 0 aliphatic heterocycles. The second kappa shape index (κ2) is 9.09. The van der Waals surface area contributed by atoms with E-state index >= 15 is 0 Å². The number of nitrogens with one attached hydrogen (secondary N) is 1. The molecule has 0 amide bonds. The minimum absolute atomic E-state index is 0. The van der Waals surface area contributed by atoms with Crippen molar-refractivity contribution in [2.75, 3.05) is 11.9 Å². The van der Waals surface area contributed by atoms with E-state index in [1.807, 2.05) is 19.1 Å². The molecule has 0 aliphatic carbocycles. The maximum absolute atomic E-state index is 5.92. The first-order valence-electron chi connectivity index (χ1n) is 7.12. The first-order valence-corrected chi connectivity index (χ1v) is 8.00. The second-order valence-corrected chi connectivity index (χ2v) is 6.34. The number of halogens is 1. The average molecular weight is 430 g/mol. The molecule has 120 valence electrons. The smallest absolute Gasteiger partial charge is 0.193 e. The standard InChI is InChI=1S/C16H22N4S.HI/c1-11(2)13-5-4-6-14(9-13)20-16(17)18-8-7-15-10-21-12(3)19-15;/h4-6,9-11H,7-8H2,1-3H3,(H3,17,18,20);1H. The Morgan fingerprint density at radius 1 is 1.41 bits per heavy atom.